The van der Waals surface area contributed by atoms with Gasteiger partial charge < -0.3 is 14.4 Å². The summed E-state index contributed by atoms with van der Waals surface area (Å²) in [5.41, 5.74) is 1.35. The molecule has 1 saturated heterocycles. The second kappa shape index (κ2) is 7.31. The van der Waals surface area contributed by atoms with E-state index in [1.807, 2.05) is 26.0 Å². The van der Waals surface area contributed by atoms with Crippen LogP contribution >= 0.6 is 28.1 Å². The van der Waals surface area contributed by atoms with Gasteiger partial charge in [-0.3, -0.25) is 9.69 Å². The van der Waals surface area contributed by atoms with Gasteiger partial charge in [0.1, 0.15) is 5.70 Å². The Morgan fingerprint density at radius 1 is 1.17 bits per heavy atom. The number of carbonyl (C=O) groups excluding carboxylic acids is 1. The van der Waals surface area contributed by atoms with E-state index in [-0.39, 0.29) is 5.91 Å². The first-order valence-corrected chi connectivity index (χ1v) is 8.47. The third kappa shape index (κ3) is 3.50. The van der Waals surface area contributed by atoms with E-state index in [2.05, 4.69) is 15.9 Å². The molecule has 23 heavy (non-hydrogen) atoms. The van der Waals surface area contributed by atoms with Gasteiger partial charge in [-0.15, -0.1) is 0 Å². The Hall–Kier alpha value is -1.60. The molecule has 7 heteroatoms. The highest BCUT2D eigenvalue weighted by Gasteiger charge is 2.32. The maximum Gasteiger partial charge on any atom is 0.276 e. The molecule has 1 amide bonds. The Balaban J connectivity index is 2.46. The van der Waals surface area contributed by atoms with Crippen LogP contribution in [0.15, 0.2) is 22.3 Å². The number of thiocarbonyl (C=S) groups is 1. The Labute approximate surface area is 150 Å². The molecule has 1 aromatic carbocycles. The molecule has 0 saturated carbocycles. The Morgan fingerprint density at radius 2 is 1.83 bits per heavy atom. The number of benzene rings is 1. The molecule has 0 aromatic heterocycles. The first-order valence-electron chi connectivity index (χ1n) is 7.27. The van der Waals surface area contributed by atoms with Gasteiger partial charge in [0.25, 0.3) is 5.91 Å². The summed E-state index contributed by atoms with van der Waals surface area (Å²) in [5, 5.41) is 0.483. The molecule has 0 unspecified atom stereocenters. The number of nitrogens with zero attached hydrogens (tertiary/aromatic N) is 2. The second-order valence-electron chi connectivity index (χ2n) is 4.93. The lowest BCUT2D eigenvalue weighted by molar-refractivity contribution is -0.121. The van der Waals surface area contributed by atoms with Crippen LogP contribution in [0.5, 0.6) is 11.5 Å². The summed E-state index contributed by atoms with van der Waals surface area (Å²) in [5.74, 6) is 1.18. The van der Waals surface area contributed by atoms with E-state index in [1.54, 1.807) is 25.1 Å². The number of likely N-dealkylation sites (N-methyl/N-ethyl adjacent to an activating group) is 2. The predicted octanol–water partition coefficient (Wildman–Crippen LogP) is 3.28. The van der Waals surface area contributed by atoms with Gasteiger partial charge in [-0.05, 0) is 65.8 Å². The highest BCUT2D eigenvalue weighted by Crippen LogP contribution is 2.38. The summed E-state index contributed by atoms with van der Waals surface area (Å²) < 4.78 is 12.1. The summed E-state index contributed by atoms with van der Waals surface area (Å²) in [6, 6.07) is 3.75. The molecular formula is C16H19BrN2O3S. The van der Waals surface area contributed by atoms with E-state index in [4.69, 9.17) is 21.7 Å². The van der Waals surface area contributed by atoms with Crippen molar-refractivity contribution in [3.05, 3.63) is 27.9 Å². The number of hydrogen-bond donors (Lipinski definition) is 0. The third-order valence-corrected chi connectivity index (χ3v) is 4.52. The summed E-state index contributed by atoms with van der Waals surface area (Å²) in [6.07, 6.45) is 1.79. The smallest absolute Gasteiger partial charge is 0.276 e. The predicted molar refractivity (Wildman–Crippen MR) is 97.6 cm³/mol. The van der Waals surface area contributed by atoms with Gasteiger partial charge >= 0.3 is 0 Å². The molecule has 1 heterocycles. The number of ether oxygens (including phenoxy) is 2. The maximum atomic E-state index is 12.3. The number of carbonyl (C=O) groups is 1. The highest BCUT2D eigenvalue weighted by molar-refractivity contribution is 9.10. The number of halogens is 1. The van der Waals surface area contributed by atoms with E-state index in [1.165, 1.54) is 4.90 Å². The fourth-order valence-corrected chi connectivity index (χ4v) is 3.02. The van der Waals surface area contributed by atoms with Crippen molar-refractivity contribution in [1.29, 1.82) is 0 Å². The quantitative estimate of drug-likeness (QED) is 0.562. The molecule has 1 aliphatic heterocycles. The van der Waals surface area contributed by atoms with Crippen LogP contribution in [0.1, 0.15) is 19.4 Å². The molecule has 0 bridgehead atoms. The zero-order valence-electron chi connectivity index (χ0n) is 13.6. The minimum absolute atomic E-state index is 0.125. The number of rotatable bonds is 5. The van der Waals surface area contributed by atoms with E-state index in [9.17, 15) is 4.79 Å². The first-order chi connectivity index (χ1) is 10.9. The van der Waals surface area contributed by atoms with Gasteiger partial charge in [-0.1, -0.05) is 0 Å². The minimum Gasteiger partial charge on any atom is -0.490 e. The summed E-state index contributed by atoms with van der Waals surface area (Å²) in [4.78, 5) is 15.4. The minimum atomic E-state index is -0.125. The van der Waals surface area contributed by atoms with Crippen molar-refractivity contribution in [2.75, 3.05) is 27.3 Å². The molecule has 0 aliphatic carbocycles. The normalized spacial score (nSPS) is 16.5. The monoisotopic (exact) mass is 398 g/mol. The van der Waals surface area contributed by atoms with Gasteiger partial charge in [-0.25, -0.2) is 0 Å². The Bertz CT molecular complexity index is 676. The van der Waals surface area contributed by atoms with Gasteiger partial charge in [0.15, 0.2) is 16.6 Å². The van der Waals surface area contributed by atoms with Crippen molar-refractivity contribution in [3.8, 4) is 11.5 Å². The van der Waals surface area contributed by atoms with Crippen LogP contribution < -0.4 is 9.47 Å². The van der Waals surface area contributed by atoms with Crippen molar-refractivity contribution in [2.24, 2.45) is 0 Å². The molecule has 2 rings (SSSR count). The van der Waals surface area contributed by atoms with E-state index in [0.717, 1.165) is 10.0 Å². The lowest BCUT2D eigenvalue weighted by atomic mass is 10.1. The van der Waals surface area contributed by atoms with Crippen LogP contribution in [0, 0.1) is 0 Å². The summed E-state index contributed by atoms with van der Waals surface area (Å²) in [6.45, 7) is 4.90. The maximum absolute atomic E-state index is 12.3. The molecule has 0 spiro atoms. The molecule has 1 aromatic rings. The first kappa shape index (κ1) is 17.7. The average molecular weight is 399 g/mol. The van der Waals surface area contributed by atoms with Crippen molar-refractivity contribution in [3.63, 3.8) is 0 Å². The zero-order chi connectivity index (χ0) is 17.1. The SMILES string of the molecule is CCOc1cc(/C=C2/C(=O)N(C)C(=S)N2C)cc(Br)c1OCC. The fraction of sp³-hybridized carbons (Fsp3) is 0.375. The van der Waals surface area contributed by atoms with Crippen LogP contribution in [0.2, 0.25) is 0 Å². The van der Waals surface area contributed by atoms with E-state index >= 15 is 0 Å². The van der Waals surface area contributed by atoms with Gasteiger partial charge in [0.2, 0.25) is 0 Å². The lowest BCUT2D eigenvalue weighted by Gasteiger charge is -2.14. The fourth-order valence-electron chi connectivity index (χ4n) is 2.27. The third-order valence-electron chi connectivity index (χ3n) is 3.38. The van der Waals surface area contributed by atoms with Crippen LogP contribution in [0.3, 0.4) is 0 Å². The average Bonchev–Trinajstić information content (AvgIpc) is 2.69. The van der Waals surface area contributed by atoms with E-state index < -0.39 is 0 Å². The number of hydrogen-bond acceptors (Lipinski definition) is 4. The summed E-state index contributed by atoms with van der Waals surface area (Å²) in [7, 11) is 3.45. The van der Waals surface area contributed by atoms with Crippen LogP contribution in [0.4, 0.5) is 0 Å². The highest BCUT2D eigenvalue weighted by atomic mass is 79.9. The Morgan fingerprint density at radius 3 is 2.35 bits per heavy atom. The molecule has 1 aliphatic rings. The Kier molecular flexibility index (Phi) is 5.64. The van der Waals surface area contributed by atoms with Crippen molar-refractivity contribution in [1.82, 2.24) is 9.80 Å². The second-order valence-corrected chi connectivity index (χ2v) is 6.15. The molecule has 1 fully saturated rings. The van der Waals surface area contributed by atoms with Gasteiger partial charge in [-0.2, -0.15) is 0 Å². The van der Waals surface area contributed by atoms with Crippen molar-refractivity contribution >= 4 is 45.2 Å². The van der Waals surface area contributed by atoms with Crippen LogP contribution in [0.25, 0.3) is 6.08 Å². The van der Waals surface area contributed by atoms with Crippen LogP contribution in [-0.2, 0) is 4.79 Å². The number of amides is 1. The molecule has 0 atom stereocenters. The standard InChI is InChI=1S/C16H19BrN2O3S/c1-5-21-13-9-10(7-11(17)14(13)22-6-2)8-12-15(20)19(4)16(23)18(12)3/h7-9H,5-6H2,1-4H3/b12-8-. The van der Waals surface area contributed by atoms with Crippen LogP contribution in [-0.4, -0.2) is 48.1 Å². The largest absolute Gasteiger partial charge is 0.490 e. The zero-order valence-corrected chi connectivity index (χ0v) is 16.0. The van der Waals surface area contributed by atoms with E-state index in [0.29, 0.717) is 35.5 Å². The van der Waals surface area contributed by atoms with Crippen molar-refractivity contribution < 1.29 is 14.3 Å². The van der Waals surface area contributed by atoms with Gasteiger partial charge in [0.05, 0.1) is 17.7 Å². The molecule has 124 valence electrons. The topological polar surface area (TPSA) is 42.0 Å². The van der Waals surface area contributed by atoms with Crippen molar-refractivity contribution in [2.45, 2.75) is 13.8 Å². The molecule has 0 N–H and O–H groups in total. The summed E-state index contributed by atoms with van der Waals surface area (Å²) >= 11 is 8.72. The molecule has 5 nitrogen and oxygen atoms in total. The van der Waals surface area contributed by atoms with Gasteiger partial charge in [0, 0.05) is 14.1 Å². The molecular weight excluding hydrogens is 380 g/mol. The lowest BCUT2D eigenvalue weighted by Crippen LogP contribution is -2.26. The molecule has 0 radical (unpaired) electrons.